The summed E-state index contributed by atoms with van der Waals surface area (Å²) in [6.07, 6.45) is 2.12. The number of amides is 2. The second kappa shape index (κ2) is 8.59. The summed E-state index contributed by atoms with van der Waals surface area (Å²) in [6, 6.07) is 4.42. The van der Waals surface area contributed by atoms with Crippen molar-refractivity contribution in [1.82, 2.24) is 9.88 Å². The molecule has 9 heteroatoms. The van der Waals surface area contributed by atoms with Crippen LogP contribution in [0.1, 0.15) is 23.9 Å². The molecule has 1 aromatic carbocycles. The van der Waals surface area contributed by atoms with Gasteiger partial charge < -0.3 is 19.9 Å². The van der Waals surface area contributed by atoms with Gasteiger partial charge in [0, 0.05) is 55.7 Å². The summed E-state index contributed by atoms with van der Waals surface area (Å²) in [5.74, 6) is -0.505. The molecule has 0 unspecified atom stereocenters. The third-order valence-electron chi connectivity index (χ3n) is 5.71. The van der Waals surface area contributed by atoms with Gasteiger partial charge in [0.1, 0.15) is 0 Å². The molecule has 4 rings (SSSR count). The summed E-state index contributed by atoms with van der Waals surface area (Å²) < 4.78 is 18.8. The molecule has 2 aromatic rings. The van der Waals surface area contributed by atoms with Crippen LogP contribution in [0.5, 0.6) is 5.75 Å². The molecule has 160 valence electrons. The summed E-state index contributed by atoms with van der Waals surface area (Å²) in [5.41, 5.74) is 1.50. The highest BCUT2D eigenvalue weighted by Crippen LogP contribution is 2.35. The number of thiazole rings is 1. The normalized spacial score (nSPS) is 18.7. The van der Waals surface area contributed by atoms with E-state index in [1.54, 1.807) is 24.3 Å². The second-order valence-corrected chi connectivity index (χ2v) is 8.70. The Labute approximate surface area is 178 Å². The van der Waals surface area contributed by atoms with Crippen molar-refractivity contribution in [2.75, 3.05) is 43.5 Å². The van der Waals surface area contributed by atoms with Crippen molar-refractivity contribution in [3.63, 3.8) is 0 Å². The number of hydrogen-bond donors (Lipinski definition) is 1. The molecule has 0 spiro atoms. The lowest BCUT2D eigenvalue weighted by atomic mass is 9.90. The molecular formula is C21H25FN4O3S. The van der Waals surface area contributed by atoms with Gasteiger partial charge >= 0.3 is 0 Å². The van der Waals surface area contributed by atoms with Gasteiger partial charge in [-0.15, -0.1) is 11.3 Å². The molecule has 1 fully saturated rings. The summed E-state index contributed by atoms with van der Waals surface area (Å²) in [7, 11) is 1.41. The van der Waals surface area contributed by atoms with E-state index in [4.69, 9.17) is 9.72 Å². The SMILES string of the molecule is COc1ccc(NC(=O)[C@H]2CCc3nc(N4CCN(C(C)=O)CC4)sc3C2)cc1F. The number of hydrogen-bond acceptors (Lipinski definition) is 6. The molecule has 1 atom stereocenters. The first-order valence-electron chi connectivity index (χ1n) is 10.1. The minimum atomic E-state index is -0.502. The first-order chi connectivity index (χ1) is 14.4. The Bertz CT molecular complexity index is 956. The predicted octanol–water partition coefficient (Wildman–Crippen LogP) is 2.70. The smallest absolute Gasteiger partial charge is 0.227 e. The zero-order chi connectivity index (χ0) is 21.3. The third-order valence-corrected chi connectivity index (χ3v) is 6.89. The molecular weight excluding hydrogens is 407 g/mol. The highest BCUT2D eigenvalue weighted by atomic mass is 32.1. The van der Waals surface area contributed by atoms with Crippen molar-refractivity contribution in [3.05, 3.63) is 34.6 Å². The Balaban J connectivity index is 1.38. The Hall–Kier alpha value is -2.68. The van der Waals surface area contributed by atoms with E-state index in [0.29, 0.717) is 25.2 Å². The van der Waals surface area contributed by atoms with Crippen molar-refractivity contribution >= 4 is 34.0 Å². The number of aromatic nitrogens is 1. The molecule has 1 aromatic heterocycles. The highest BCUT2D eigenvalue weighted by Gasteiger charge is 2.29. The number of nitrogens with one attached hydrogen (secondary N) is 1. The number of benzene rings is 1. The van der Waals surface area contributed by atoms with Crippen LogP contribution in [0.2, 0.25) is 0 Å². The maximum Gasteiger partial charge on any atom is 0.227 e. The zero-order valence-electron chi connectivity index (χ0n) is 17.1. The number of ether oxygens (including phenoxy) is 1. The molecule has 0 bridgehead atoms. The van der Waals surface area contributed by atoms with Crippen molar-refractivity contribution in [1.29, 1.82) is 0 Å². The fourth-order valence-electron chi connectivity index (χ4n) is 3.92. The van der Waals surface area contributed by atoms with E-state index in [-0.39, 0.29) is 23.5 Å². The van der Waals surface area contributed by atoms with Crippen molar-refractivity contribution in [2.24, 2.45) is 5.92 Å². The number of aryl methyl sites for hydroxylation is 1. The number of fused-ring (bicyclic) bond motifs is 1. The van der Waals surface area contributed by atoms with Crippen LogP contribution in [-0.2, 0) is 22.4 Å². The minimum Gasteiger partial charge on any atom is -0.494 e. The summed E-state index contributed by atoms with van der Waals surface area (Å²) >= 11 is 1.64. The first kappa shape index (κ1) is 20.6. The van der Waals surface area contributed by atoms with E-state index >= 15 is 0 Å². The molecule has 2 amide bonds. The zero-order valence-corrected chi connectivity index (χ0v) is 17.9. The fraction of sp³-hybridized carbons (Fsp3) is 0.476. The second-order valence-electron chi connectivity index (χ2n) is 7.64. The molecule has 7 nitrogen and oxygen atoms in total. The van der Waals surface area contributed by atoms with E-state index < -0.39 is 5.82 Å². The van der Waals surface area contributed by atoms with Crippen LogP contribution in [0.15, 0.2) is 18.2 Å². The number of halogens is 1. The van der Waals surface area contributed by atoms with Crippen LogP contribution in [-0.4, -0.2) is 55.0 Å². The summed E-state index contributed by atoms with van der Waals surface area (Å²) in [4.78, 5) is 34.3. The lowest BCUT2D eigenvalue weighted by Gasteiger charge is -2.33. The van der Waals surface area contributed by atoms with Crippen molar-refractivity contribution < 1.29 is 18.7 Å². The summed E-state index contributed by atoms with van der Waals surface area (Å²) in [5, 5.41) is 3.80. The molecule has 30 heavy (non-hydrogen) atoms. The molecule has 2 aliphatic rings. The van der Waals surface area contributed by atoms with Gasteiger partial charge in [0.2, 0.25) is 11.8 Å². The van der Waals surface area contributed by atoms with Gasteiger partial charge in [-0.05, 0) is 31.4 Å². The largest absolute Gasteiger partial charge is 0.494 e. The number of rotatable bonds is 4. The Morgan fingerprint density at radius 3 is 2.70 bits per heavy atom. The fourth-order valence-corrected chi connectivity index (χ4v) is 5.16. The van der Waals surface area contributed by atoms with Crippen LogP contribution in [0.25, 0.3) is 0 Å². The van der Waals surface area contributed by atoms with E-state index in [0.717, 1.165) is 41.6 Å². The molecule has 1 aliphatic carbocycles. The van der Waals surface area contributed by atoms with Crippen LogP contribution in [0.4, 0.5) is 15.2 Å². The Morgan fingerprint density at radius 1 is 1.27 bits per heavy atom. The van der Waals surface area contributed by atoms with Crippen LogP contribution in [0, 0.1) is 11.7 Å². The molecule has 1 N–H and O–H groups in total. The third kappa shape index (κ3) is 4.26. The van der Waals surface area contributed by atoms with Crippen molar-refractivity contribution in [2.45, 2.75) is 26.2 Å². The number of methoxy groups -OCH3 is 1. The highest BCUT2D eigenvalue weighted by molar-refractivity contribution is 7.15. The number of anilines is 2. The quantitative estimate of drug-likeness (QED) is 0.804. The topological polar surface area (TPSA) is 74.8 Å². The van der Waals surface area contributed by atoms with Crippen LogP contribution in [0.3, 0.4) is 0 Å². The van der Waals surface area contributed by atoms with Gasteiger partial charge in [-0.2, -0.15) is 0 Å². The van der Waals surface area contributed by atoms with E-state index in [2.05, 4.69) is 10.2 Å². The minimum absolute atomic E-state index is 0.102. The average molecular weight is 433 g/mol. The maximum atomic E-state index is 13.9. The molecule has 0 radical (unpaired) electrons. The number of carbonyl (C=O) groups is 2. The van der Waals surface area contributed by atoms with E-state index in [1.165, 1.54) is 19.2 Å². The lowest BCUT2D eigenvalue weighted by molar-refractivity contribution is -0.129. The molecule has 0 saturated carbocycles. The predicted molar refractivity (Wildman–Crippen MR) is 114 cm³/mol. The van der Waals surface area contributed by atoms with Gasteiger partial charge in [0.25, 0.3) is 0 Å². The average Bonchev–Trinajstić information content (AvgIpc) is 3.17. The number of carbonyl (C=O) groups excluding carboxylic acids is 2. The van der Waals surface area contributed by atoms with E-state index in [9.17, 15) is 14.0 Å². The lowest BCUT2D eigenvalue weighted by Crippen LogP contribution is -2.48. The van der Waals surface area contributed by atoms with Crippen LogP contribution >= 0.6 is 11.3 Å². The Morgan fingerprint density at radius 2 is 2.03 bits per heavy atom. The first-order valence-corrected chi connectivity index (χ1v) is 10.9. The molecule has 2 heterocycles. The van der Waals surface area contributed by atoms with Gasteiger partial charge in [0.05, 0.1) is 12.8 Å². The van der Waals surface area contributed by atoms with Gasteiger partial charge in [-0.25, -0.2) is 9.37 Å². The van der Waals surface area contributed by atoms with E-state index in [1.807, 2.05) is 4.90 Å². The number of piperazine rings is 1. The van der Waals surface area contributed by atoms with Crippen molar-refractivity contribution in [3.8, 4) is 5.75 Å². The standard InChI is InChI=1S/C21H25FN4O3S/c1-13(27)25-7-9-26(10-8-25)21-24-17-5-3-14(11-19(17)30-21)20(28)23-15-4-6-18(29-2)16(22)12-15/h4,6,12,14H,3,5,7-11H2,1-2H3,(H,23,28)/t14-/m0/s1. The van der Waals surface area contributed by atoms with Gasteiger partial charge in [0.15, 0.2) is 16.7 Å². The number of nitrogens with zero attached hydrogens (tertiary/aromatic N) is 3. The Kier molecular flexibility index (Phi) is 5.90. The van der Waals surface area contributed by atoms with Gasteiger partial charge in [-0.1, -0.05) is 0 Å². The monoisotopic (exact) mass is 432 g/mol. The van der Waals surface area contributed by atoms with Gasteiger partial charge in [-0.3, -0.25) is 9.59 Å². The van der Waals surface area contributed by atoms with Crippen LogP contribution < -0.4 is 15.0 Å². The maximum absolute atomic E-state index is 13.9. The molecule has 1 saturated heterocycles. The molecule has 1 aliphatic heterocycles. The summed E-state index contributed by atoms with van der Waals surface area (Å²) in [6.45, 7) is 4.58.